The summed E-state index contributed by atoms with van der Waals surface area (Å²) in [5.41, 5.74) is -0.111. The average Bonchev–Trinajstić information content (AvgIpc) is 2.95. The van der Waals surface area contributed by atoms with E-state index >= 15 is 0 Å². The van der Waals surface area contributed by atoms with Gasteiger partial charge in [0, 0.05) is 18.8 Å². The molecule has 8 heteroatoms. The molecule has 1 aromatic carbocycles. The second-order valence-corrected chi connectivity index (χ2v) is 4.19. The molecule has 0 atom stereocenters. The van der Waals surface area contributed by atoms with E-state index in [9.17, 15) is 9.59 Å². The van der Waals surface area contributed by atoms with Gasteiger partial charge in [0.25, 0.3) is 0 Å². The number of rotatable bonds is 2. The summed E-state index contributed by atoms with van der Waals surface area (Å²) in [6, 6.07) is 3.24. The van der Waals surface area contributed by atoms with Crippen molar-refractivity contribution in [2.24, 2.45) is 0 Å². The first-order chi connectivity index (χ1) is 10.1. The number of carboxylic acid groups (broad SMARTS) is 1. The Morgan fingerprint density at radius 1 is 1.33 bits per heavy atom. The molecule has 0 saturated carbocycles. The fraction of sp³-hybridized carbons (Fsp3) is 0.231. The molecule has 115 valence electrons. The number of ether oxygens (including phenoxy) is 2. The van der Waals surface area contributed by atoms with Crippen LogP contribution in [0, 0.1) is 0 Å². The predicted octanol–water partition coefficient (Wildman–Crippen LogP) is 1.33. The second kappa shape index (κ2) is 6.07. The molecular weight excluding hydrogens is 330 g/mol. The van der Waals surface area contributed by atoms with Crippen LogP contribution in [0.1, 0.15) is 17.3 Å². The Labute approximate surface area is 127 Å². The zero-order valence-electron chi connectivity index (χ0n) is 10.9. The Hall–Kier alpha value is -2.18. The van der Waals surface area contributed by atoms with Crippen LogP contribution in [0.3, 0.4) is 0 Å². The Bertz CT molecular complexity index is 769. The summed E-state index contributed by atoms with van der Waals surface area (Å²) in [6.45, 7) is 2.54. The Balaban J connectivity index is 0.000000774. The molecule has 0 radical (unpaired) electrons. The first kappa shape index (κ1) is 15.2. The van der Waals surface area contributed by atoms with E-state index in [1.54, 1.807) is 16.7 Å². The number of hydrogen-bond donors (Lipinski definition) is 1. The number of benzene rings is 1. The molecule has 2 aromatic rings. The van der Waals surface area contributed by atoms with Crippen molar-refractivity contribution in [3.05, 3.63) is 34.1 Å². The Morgan fingerprint density at radius 3 is 2.52 bits per heavy atom. The van der Waals surface area contributed by atoms with Gasteiger partial charge in [-0.1, -0.05) is 0 Å². The molecule has 0 bridgehead atoms. The molecule has 0 spiro atoms. The third kappa shape index (κ3) is 2.55. The average molecular weight is 341 g/mol. The van der Waals surface area contributed by atoms with Crippen molar-refractivity contribution in [1.29, 1.82) is 0 Å². The number of pyridine rings is 1. The zero-order chi connectivity index (χ0) is 15.6. The van der Waals surface area contributed by atoms with E-state index in [0.717, 1.165) is 0 Å². The Morgan fingerprint density at radius 2 is 1.95 bits per heavy atom. The summed E-state index contributed by atoms with van der Waals surface area (Å²) in [7, 11) is 0. The van der Waals surface area contributed by atoms with Crippen molar-refractivity contribution in [3.8, 4) is 11.5 Å². The van der Waals surface area contributed by atoms with Crippen LogP contribution in [0.15, 0.2) is 23.1 Å². The maximum atomic E-state index is 12.1. The zero-order valence-corrected chi connectivity index (χ0v) is 11.8. The van der Waals surface area contributed by atoms with Crippen molar-refractivity contribution in [3.63, 3.8) is 0 Å². The predicted molar refractivity (Wildman–Crippen MR) is 67.7 cm³/mol. The fourth-order valence-corrected chi connectivity index (χ4v) is 2.19. The maximum absolute atomic E-state index is 12.1. The summed E-state index contributed by atoms with van der Waals surface area (Å²) >= 11 is 2.94. The van der Waals surface area contributed by atoms with Crippen LogP contribution in [0.2, 0.25) is 0 Å². The van der Waals surface area contributed by atoms with Gasteiger partial charge in [0.1, 0.15) is 5.56 Å². The van der Waals surface area contributed by atoms with E-state index in [2.05, 4.69) is 15.9 Å². The standard InChI is InChI=1S/C13H11NO5.Cu.O/c1-2-14-5-8(13(16)17)12(15)7-3-10-11(4-9(7)14)19-6-18-10;;/h3-5H,2,6H2,1H3,(H,16,17);;. The van der Waals surface area contributed by atoms with Crippen LogP contribution in [0.25, 0.3) is 10.9 Å². The number of carboxylic acids is 1. The molecule has 0 saturated heterocycles. The normalized spacial score (nSPS) is 12.0. The summed E-state index contributed by atoms with van der Waals surface area (Å²) in [6.07, 6.45) is 1.36. The van der Waals surface area contributed by atoms with Gasteiger partial charge in [0.15, 0.2) is 11.5 Å². The van der Waals surface area contributed by atoms with Gasteiger partial charge in [-0.2, -0.15) is 0 Å². The van der Waals surface area contributed by atoms with E-state index in [1.807, 2.05) is 6.92 Å². The second-order valence-electron chi connectivity index (χ2n) is 4.19. The quantitative estimate of drug-likeness (QED) is 0.829. The molecule has 0 aliphatic carbocycles. The van der Waals surface area contributed by atoms with Crippen LogP contribution in [0.4, 0.5) is 0 Å². The molecule has 1 aliphatic heterocycles. The number of aromatic nitrogens is 1. The molecular formula is C13H11CuNO6. The number of fused-ring (bicyclic) bond motifs is 2. The summed E-state index contributed by atoms with van der Waals surface area (Å²) < 4.78 is 20.0. The molecule has 7 nitrogen and oxygen atoms in total. The fourth-order valence-electron chi connectivity index (χ4n) is 2.19. The van der Waals surface area contributed by atoms with Crippen molar-refractivity contribution < 1.29 is 39.2 Å². The molecule has 1 aliphatic rings. The van der Waals surface area contributed by atoms with Crippen molar-refractivity contribution in [2.45, 2.75) is 13.5 Å². The van der Waals surface area contributed by atoms with Gasteiger partial charge in [0.2, 0.25) is 12.2 Å². The molecule has 0 amide bonds. The van der Waals surface area contributed by atoms with Crippen LogP contribution in [-0.4, -0.2) is 22.4 Å². The summed E-state index contributed by atoms with van der Waals surface area (Å²) in [4.78, 5) is 23.2. The van der Waals surface area contributed by atoms with Gasteiger partial charge < -0.3 is 19.1 Å². The molecule has 2 heterocycles. The van der Waals surface area contributed by atoms with Crippen LogP contribution in [0.5, 0.6) is 11.5 Å². The van der Waals surface area contributed by atoms with Crippen molar-refractivity contribution in [2.75, 3.05) is 6.79 Å². The third-order valence-corrected chi connectivity index (χ3v) is 3.15. The van der Waals surface area contributed by atoms with Gasteiger partial charge in [-0.25, -0.2) is 4.79 Å². The van der Waals surface area contributed by atoms with Gasteiger partial charge in [0.05, 0.1) is 10.9 Å². The monoisotopic (exact) mass is 340 g/mol. The first-order valence-corrected chi connectivity index (χ1v) is 6.32. The molecule has 0 unspecified atom stereocenters. The minimum atomic E-state index is -1.23. The van der Waals surface area contributed by atoms with E-state index in [0.29, 0.717) is 28.9 Å². The third-order valence-electron chi connectivity index (χ3n) is 3.15. The van der Waals surface area contributed by atoms with Crippen LogP contribution in [-0.2, 0) is 26.3 Å². The summed E-state index contributed by atoms with van der Waals surface area (Å²) in [5.74, 6) is -0.196. The van der Waals surface area contributed by atoms with Gasteiger partial charge >= 0.3 is 25.7 Å². The van der Waals surface area contributed by atoms with E-state index in [-0.39, 0.29) is 12.4 Å². The minimum absolute atomic E-state index is 0.109. The van der Waals surface area contributed by atoms with Crippen LogP contribution < -0.4 is 14.9 Å². The van der Waals surface area contributed by atoms with E-state index in [4.69, 9.17) is 18.4 Å². The Kier molecular flexibility index (Phi) is 4.40. The van der Waals surface area contributed by atoms with Gasteiger partial charge in [-0.15, -0.1) is 0 Å². The van der Waals surface area contributed by atoms with Gasteiger partial charge in [-0.3, -0.25) is 4.79 Å². The van der Waals surface area contributed by atoms with Crippen LogP contribution >= 0.6 is 0 Å². The molecule has 0 fully saturated rings. The number of aryl methyl sites for hydroxylation is 1. The number of carbonyl (C=O) groups is 1. The van der Waals surface area contributed by atoms with Crippen molar-refractivity contribution >= 4 is 16.9 Å². The number of hydrogen-bond acceptors (Lipinski definition) is 5. The molecule has 1 aromatic heterocycles. The topological polar surface area (TPSA) is 94.8 Å². The molecule has 21 heavy (non-hydrogen) atoms. The summed E-state index contributed by atoms with van der Waals surface area (Å²) in [5, 5.41) is 9.39. The number of nitrogens with zero attached hydrogens (tertiary/aromatic N) is 1. The van der Waals surface area contributed by atoms with E-state index < -0.39 is 11.4 Å². The van der Waals surface area contributed by atoms with Crippen molar-refractivity contribution in [1.82, 2.24) is 4.57 Å². The molecule has 1 N–H and O–H groups in total. The van der Waals surface area contributed by atoms with E-state index in [1.165, 1.54) is 6.20 Å². The number of aromatic carboxylic acids is 1. The molecule has 3 rings (SSSR count). The first-order valence-electron chi connectivity index (χ1n) is 5.94. The van der Waals surface area contributed by atoms with Gasteiger partial charge in [-0.05, 0) is 13.0 Å². The SMILES string of the molecule is CCn1cc(C(=O)O)c(=O)c2cc3c(cc21)OCO3.[O]=[Cu].